The van der Waals surface area contributed by atoms with Crippen LogP contribution in [-0.2, 0) is 6.18 Å². The number of hydrogen-bond donors (Lipinski definition) is 0. The number of halogens is 3. The van der Waals surface area contributed by atoms with E-state index in [9.17, 15) is 13.2 Å². The Hall–Kier alpha value is -2.82. The fraction of sp³-hybridized carbons (Fsp3) is 0.421. The van der Waals surface area contributed by atoms with Crippen LogP contribution in [-0.4, -0.2) is 51.3 Å². The van der Waals surface area contributed by atoms with E-state index in [4.69, 9.17) is 0 Å². The first kappa shape index (κ1) is 19.2. The standard InChI is InChI=1S/C19H18F3N7S/c20-19(21,22)14-1-3-24-16(5-14)29-8-12-2-4-28(9-13(12)10-29)17-7-23-6-15(26-17)18-27-25-11-30-18/h1,3,5-7,11-13H,2,4,8-10H2. The summed E-state index contributed by atoms with van der Waals surface area (Å²) in [6.07, 6.45) is 1.24. The molecule has 2 atom stereocenters. The van der Waals surface area contributed by atoms with Gasteiger partial charge in [-0.05, 0) is 30.4 Å². The fourth-order valence-corrected chi connectivity index (χ4v) is 4.73. The zero-order valence-corrected chi connectivity index (χ0v) is 16.6. The van der Waals surface area contributed by atoms with Crippen molar-refractivity contribution in [1.82, 2.24) is 25.1 Å². The van der Waals surface area contributed by atoms with Crippen LogP contribution in [0, 0.1) is 11.8 Å². The smallest absolute Gasteiger partial charge is 0.356 e. The second kappa shape index (κ2) is 7.46. The molecule has 3 aromatic heterocycles. The van der Waals surface area contributed by atoms with Crippen molar-refractivity contribution in [2.45, 2.75) is 12.6 Å². The van der Waals surface area contributed by atoms with Gasteiger partial charge >= 0.3 is 6.18 Å². The van der Waals surface area contributed by atoms with Crippen molar-refractivity contribution in [2.75, 3.05) is 36.0 Å². The molecule has 2 unspecified atom stereocenters. The Labute approximate surface area is 174 Å². The Kier molecular flexibility index (Phi) is 4.76. The van der Waals surface area contributed by atoms with Crippen molar-refractivity contribution in [2.24, 2.45) is 11.8 Å². The third-order valence-electron chi connectivity index (χ3n) is 5.72. The Balaban J connectivity index is 1.31. The summed E-state index contributed by atoms with van der Waals surface area (Å²) in [7, 11) is 0. The van der Waals surface area contributed by atoms with E-state index in [1.165, 1.54) is 17.5 Å². The molecule has 7 nitrogen and oxygen atoms in total. The van der Waals surface area contributed by atoms with Gasteiger partial charge in [0.05, 0.1) is 18.0 Å². The third-order valence-corrected chi connectivity index (χ3v) is 6.44. The zero-order valence-electron chi connectivity index (χ0n) is 15.8. The van der Waals surface area contributed by atoms with Gasteiger partial charge in [-0.15, -0.1) is 10.2 Å². The molecule has 0 bridgehead atoms. The lowest BCUT2D eigenvalue weighted by Crippen LogP contribution is -2.40. The number of rotatable bonds is 3. The quantitative estimate of drug-likeness (QED) is 0.627. The van der Waals surface area contributed by atoms with Crippen LogP contribution < -0.4 is 9.80 Å². The molecule has 0 saturated carbocycles. The van der Waals surface area contributed by atoms with Gasteiger partial charge in [-0.2, -0.15) is 13.2 Å². The molecule has 2 aliphatic heterocycles. The molecule has 0 spiro atoms. The van der Waals surface area contributed by atoms with E-state index < -0.39 is 11.7 Å². The van der Waals surface area contributed by atoms with Crippen LogP contribution in [0.4, 0.5) is 24.8 Å². The van der Waals surface area contributed by atoms with E-state index in [1.807, 2.05) is 4.90 Å². The van der Waals surface area contributed by atoms with E-state index in [0.29, 0.717) is 29.9 Å². The lowest BCUT2D eigenvalue weighted by Gasteiger charge is -2.34. The summed E-state index contributed by atoms with van der Waals surface area (Å²) in [4.78, 5) is 17.3. The molecule has 5 rings (SSSR count). The normalized spacial score (nSPS) is 21.7. The maximum atomic E-state index is 13.1. The predicted molar refractivity (Wildman–Crippen MR) is 106 cm³/mol. The van der Waals surface area contributed by atoms with Crippen LogP contribution in [0.15, 0.2) is 36.2 Å². The number of fused-ring (bicyclic) bond motifs is 1. The second-order valence-electron chi connectivity index (χ2n) is 7.57. The molecule has 3 aromatic rings. The van der Waals surface area contributed by atoms with Crippen molar-refractivity contribution in [1.29, 1.82) is 0 Å². The number of aromatic nitrogens is 5. The molecule has 0 aromatic carbocycles. The van der Waals surface area contributed by atoms with Gasteiger partial charge in [0.15, 0.2) is 5.01 Å². The number of hydrogen-bond acceptors (Lipinski definition) is 8. The largest absolute Gasteiger partial charge is 0.416 e. The molecule has 2 saturated heterocycles. The average molecular weight is 433 g/mol. The summed E-state index contributed by atoms with van der Waals surface area (Å²) in [6.45, 7) is 3.02. The van der Waals surface area contributed by atoms with Crippen molar-refractivity contribution in [3.63, 3.8) is 0 Å². The van der Waals surface area contributed by atoms with Crippen LogP contribution in [0.2, 0.25) is 0 Å². The lowest BCUT2D eigenvalue weighted by atomic mass is 9.89. The minimum Gasteiger partial charge on any atom is -0.356 e. The number of piperidine rings is 1. The number of alkyl halides is 3. The third kappa shape index (κ3) is 3.69. The van der Waals surface area contributed by atoms with Crippen molar-refractivity contribution in [3.8, 4) is 10.7 Å². The molecule has 0 aliphatic carbocycles. The van der Waals surface area contributed by atoms with E-state index >= 15 is 0 Å². The highest BCUT2D eigenvalue weighted by Crippen LogP contribution is 2.36. The van der Waals surface area contributed by atoms with Crippen LogP contribution in [0.3, 0.4) is 0 Å². The van der Waals surface area contributed by atoms with E-state index in [-0.39, 0.29) is 0 Å². The van der Waals surface area contributed by atoms with Crippen LogP contribution >= 0.6 is 11.3 Å². The van der Waals surface area contributed by atoms with Gasteiger partial charge in [0.2, 0.25) is 0 Å². The van der Waals surface area contributed by atoms with Crippen LogP contribution in [0.25, 0.3) is 10.7 Å². The SMILES string of the molecule is FC(F)(F)c1ccnc(N2CC3CCN(c4cncc(-c5nncs5)n4)CC3C2)c1. The van der Waals surface area contributed by atoms with Gasteiger partial charge in [0.1, 0.15) is 22.8 Å². The van der Waals surface area contributed by atoms with E-state index in [0.717, 1.165) is 49.0 Å². The Morgan fingerprint density at radius 3 is 2.67 bits per heavy atom. The molecule has 0 amide bonds. The first-order valence-corrected chi connectivity index (χ1v) is 10.5. The molecule has 30 heavy (non-hydrogen) atoms. The topological polar surface area (TPSA) is 70.9 Å². The summed E-state index contributed by atoms with van der Waals surface area (Å²) in [5, 5.41) is 8.62. The maximum absolute atomic E-state index is 13.1. The van der Waals surface area contributed by atoms with E-state index in [1.54, 1.807) is 17.9 Å². The minimum absolute atomic E-state index is 0.335. The summed E-state index contributed by atoms with van der Waals surface area (Å²) in [5.74, 6) is 1.94. The molecule has 11 heteroatoms. The van der Waals surface area contributed by atoms with Gasteiger partial charge < -0.3 is 9.80 Å². The molecule has 5 heterocycles. The zero-order chi connectivity index (χ0) is 20.7. The maximum Gasteiger partial charge on any atom is 0.416 e. The van der Waals surface area contributed by atoms with E-state index in [2.05, 4.69) is 30.0 Å². The monoisotopic (exact) mass is 433 g/mol. The van der Waals surface area contributed by atoms with Crippen LogP contribution in [0.1, 0.15) is 12.0 Å². The minimum atomic E-state index is -4.36. The van der Waals surface area contributed by atoms with Gasteiger partial charge in [0, 0.05) is 32.4 Å². The summed E-state index contributed by atoms with van der Waals surface area (Å²) < 4.78 is 39.2. The Bertz CT molecular complexity index is 1030. The highest BCUT2D eigenvalue weighted by molar-refractivity contribution is 7.12. The molecule has 0 N–H and O–H groups in total. The number of nitrogens with zero attached hydrogens (tertiary/aromatic N) is 7. The Morgan fingerprint density at radius 1 is 1.03 bits per heavy atom. The van der Waals surface area contributed by atoms with Gasteiger partial charge in [-0.3, -0.25) is 4.98 Å². The van der Waals surface area contributed by atoms with Crippen LogP contribution in [0.5, 0.6) is 0 Å². The molecular formula is C19H18F3N7S. The molecule has 2 fully saturated rings. The van der Waals surface area contributed by atoms with Gasteiger partial charge in [-0.1, -0.05) is 11.3 Å². The average Bonchev–Trinajstić information content (AvgIpc) is 3.43. The summed E-state index contributed by atoms with van der Waals surface area (Å²) in [5.41, 5.74) is 1.69. The van der Waals surface area contributed by atoms with Crippen molar-refractivity contribution < 1.29 is 13.2 Å². The molecule has 0 radical (unpaired) electrons. The first-order valence-electron chi connectivity index (χ1n) is 9.59. The Morgan fingerprint density at radius 2 is 1.87 bits per heavy atom. The van der Waals surface area contributed by atoms with Crippen molar-refractivity contribution in [3.05, 3.63) is 41.8 Å². The summed E-state index contributed by atoms with van der Waals surface area (Å²) >= 11 is 1.41. The predicted octanol–water partition coefficient (Wildman–Crippen LogP) is 3.37. The van der Waals surface area contributed by atoms with Gasteiger partial charge in [-0.25, -0.2) is 9.97 Å². The number of anilines is 2. The molecule has 2 aliphatic rings. The van der Waals surface area contributed by atoms with Gasteiger partial charge in [0.25, 0.3) is 0 Å². The lowest BCUT2D eigenvalue weighted by molar-refractivity contribution is -0.137. The number of pyridine rings is 1. The fourth-order valence-electron chi connectivity index (χ4n) is 4.23. The highest BCUT2D eigenvalue weighted by Gasteiger charge is 2.39. The highest BCUT2D eigenvalue weighted by atomic mass is 32.1. The summed E-state index contributed by atoms with van der Waals surface area (Å²) in [6, 6.07) is 2.16. The molecule has 156 valence electrons. The van der Waals surface area contributed by atoms with Crippen molar-refractivity contribution >= 4 is 23.0 Å². The second-order valence-corrected chi connectivity index (χ2v) is 8.40. The first-order chi connectivity index (χ1) is 14.5. The molecular weight excluding hydrogens is 415 g/mol.